The Balaban J connectivity index is 3.57. The zero-order valence-corrected chi connectivity index (χ0v) is 9.91. The van der Waals surface area contributed by atoms with E-state index in [0.717, 1.165) is 6.07 Å². The molecular formula is C12H10F3NO3. The van der Waals surface area contributed by atoms with Crippen molar-refractivity contribution < 1.29 is 27.8 Å². The molecule has 102 valence electrons. The number of hydrogen-bond donors (Lipinski definition) is 1. The van der Waals surface area contributed by atoms with E-state index in [0.29, 0.717) is 6.07 Å². The van der Waals surface area contributed by atoms with Crippen molar-refractivity contribution >= 4 is 5.97 Å². The molecule has 0 heterocycles. The van der Waals surface area contributed by atoms with Crippen LogP contribution in [0.25, 0.3) is 0 Å². The molecule has 1 aromatic rings. The zero-order chi connectivity index (χ0) is 14.6. The van der Waals surface area contributed by atoms with Gasteiger partial charge in [-0.05, 0) is 18.6 Å². The van der Waals surface area contributed by atoms with E-state index in [1.165, 1.54) is 13.0 Å². The summed E-state index contributed by atoms with van der Waals surface area (Å²) in [6, 6.07) is 2.97. The summed E-state index contributed by atoms with van der Waals surface area (Å²) in [5, 5.41) is 17.9. The van der Waals surface area contributed by atoms with Gasteiger partial charge in [0, 0.05) is 0 Å². The Morgan fingerprint density at radius 3 is 2.53 bits per heavy atom. The van der Waals surface area contributed by atoms with Crippen LogP contribution in [-0.4, -0.2) is 17.7 Å². The number of aliphatic hydroxyl groups excluding tert-OH is 1. The molecule has 0 aliphatic carbocycles. The number of alkyl halides is 3. The van der Waals surface area contributed by atoms with Crippen LogP contribution < -0.4 is 0 Å². The average molecular weight is 273 g/mol. The number of halogens is 3. The van der Waals surface area contributed by atoms with Crippen LogP contribution in [-0.2, 0) is 17.5 Å². The Bertz CT molecular complexity index is 532. The second-order valence-electron chi connectivity index (χ2n) is 3.51. The molecule has 4 nitrogen and oxygen atoms in total. The molecule has 0 aliphatic rings. The molecule has 0 fully saturated rings. The molecule has 0 aromatic heterocycles. The van der Waals surface area contributed by atoms with Gasteiger partial charge in [-0.15, -0.1) is 0 Å². The highest BCUT2D eigenvalue weighted by molar-refractivity contribution is 5.94. The summed E-state index contributed by atoms with van der Waals surface area (Å²) in [5.41, 5.74) is -2.68. The van der Waals surface area contributed by atoms with Crippen molar-refractivity contribution in [2.75, 3.05) is 6.61 Å². The van der Waals surface area contributed by atoms with Gasteiger partial charge in [-0.1, -0.05) is 6.07 Å². The highest BCUT2D eigenvalue weighted by Crippen LogP contribution is 2.34. The first-order valence-corrected chi connectivity index (χ1v) is 5.28. The van der Waals surface area contributed by atoms with Gasteiger partial charge in [-0.2, -0.15) is 18.4 Å². The maximum Gasteiger partial charge on any atom is 0.417 e. The monoisotopic (exact) mass is 273 g/mol. The number of aliphatic hydroxyl groups is 1. The molecule has 0 amide bonds. The van der Waals surface area contributed by atoms with Crippen LogP contribution in [0.15, 0.2) is 12.1 Å². The SMILES string of the molecule is CCOC(=O)c1c(CO)ccc(C(F)(F)F)c1C#N. The molecule has 0 radical (unpaired) electrons. The minimum absolute atomic E-state index is 0.0508. The van der Waals surface area contributed by atoms with Gasteiger partial charge in [0.15, 0.2) is 0 Å². The molecule has 1 rings (SSSR count). The van der Waals surface area contributed by atoms with Crippen molar-refractivity contribution in [1.82, 2.24) is 0 Å². The molecule has 0 bridgehead atoms. The largest absolute Gasteiger partial charge is 0.462 e. The highest BCUT2D eigenvalue weighted by atomic mass is 19.4. The third kappa shape index (κ3) is 3.03. The lowest BCUT2D eigenvalue weighted by Crippen LogP contribution is -2.16. The van der Waals surface area contributed by atoms with Gasteiger partial charge < -0.3 is 9.84 Å². The topological polar surface area (TPSA) is 70.3 Å². The van der Waals surface area contributed by atoms with E-state index in [4.69, 9.17) is 10.4 Å². The number of benzene rings is 1. The van der Waals surface area contributed by atoms with Gasteiger partial charge in [0.2, 0.25) is 0 Å². The summed E-state index contributed by atoms with van der Waals surface area (Å²) in [7, 11) is 0. The Morgan fingerprint density at radius 2 is 2.11 bits per heavy atom. The first-order chi connectivity index (χ1) is 8.86. The van der Waals surface area contributed by atoms with Crippen LogP contribution in [0.2, 0.25) is 0 Å². The number of nitriles is 1. The number of carbonyl (C=O) groups excluding carboxylic acids is 1. The fourth-order valence-electron chi connectivity index (χ4n) is 1.57. The summed E-state index contributed by atoms with van der Waals surface area (Å²) in [5.74, 6) is -1.06. The number of hydrogen-bond acceptors (Lipinski definition) is 4. The average Bonchev–Trinajstić information content (AvgIpc) is 2.35. The van der Waals surface area contributed by atoms with Crippen molar-refractivity contribution in [2.24, 2.45) is 0 Å². The van der Waals surface area contributed by atoms with Crippen LogP contribution in [0, 0.1) is 11.3 Å². The van der Waals surface area contributed by atoms with E-state index >= 15 is 0 Å². The molecule has 0 unspecified atom stereocenters. The quantitative estimate of drug-likeness (QED) is 0.857. The molecule has 0 aliphatic heterocycles. The molecule has 0 saturated heterocycles. The minimum atomic E-state index is -4.76. The van der Waals surface area contributed by atoms with Crippen LogP contribution in [0.4, 0.5) is 13.2 Å². The number of nitrogens with zero attached hydrogens (tertiary/aromatic N) is 1. The maximum absolute atomic E-state index is 12.7. The van der Waals surface area contributed by atoms with Crippen LogP contribution in [0.3, 0.4) is 0 Å². The predicted octanol–water partition coefficient (Wildman–Crippen LogP) is 2.25. The summed E-state index contributed by atoms with van der Waals surface area (Å²) >= 11 is 0. The van der Waals surface area contributed by atoms with Crippen molar-refractivity contribution in [3.05, 3.63) is 34.4 Å². The molecule has 1 N–H and O–H groups in total. The molecule has 7 heteroatoms. The fraction of sp³-hybridized carbons (Fsp3) is 0.333. The zero-order valence-electron chi connectivity index (χ0n) is 9.91. The van der Waals surface area contributed by atoms with Crippen LogP contribution in [0.5, 0.6) is 0 Å². The smallest absolute Gasteiger partial charge is 0.417 e. The summed E-state index contributed by atoms with van der Waals surface area (Å²) < 4.78 is 42.8. The predicted molar refractivity (Wildman–Crippen MR) is 58.0 cm³/mol. The van der Waals surface area contributed by atoms with E-state index in [1.54, 1.807) is 0 Å². The van der Waals surface area contributed by atoms with Crippen LogP contribution >= 0.6 is 0 Å². The lowest BCUT2D eigenvalue weighted by Gasteiger charge is -2.14. The van der Waals surface area contributed by atoms with Crippen molar-refractivity contribution in [2.45, 2.75) is 19.7 Å². The number of carbonyl (C=O) groups is 1. The lowest BCUT2D eigenvalue weighted by atomic mass is 9.96. The molecule has 0 saturated carbocycles. The van der Waals surface area contributed by atoms with Gasteiger partial charge in [0.1, 0.15) is 6.07 Å². The second kappa shape index (κ2) is 5.71. The van der Waals surface area contributed by atoms with E-state index in [1.807, 2.05) is 0 Å². The molecular weight excluding hydrogens is 263 g/mol. The Morgan fingerprint density at radius 1 is 1.47 bits per heavy atom. The van der Waals surface area contributed by atoms with Gasteiger partial charge in [-0.3, -0.25) is 0 Å². The lowest BCUT2D eigenvalue weighted by molar-refractivity contribution is -0.137. The third-order valence-corrected chi connectivity index (χ3v) is 2.36. The molecule has 19 heavy (non-hydrogen) atoms. The normalized spacial score (nSPS) is 10.9. The molecule has 0 spiro atoms. The van der Waals surface area contributed by atoms with Gasteiger partial charge in [0.25, 0.3) is 0 Å². The van der Waals surface area contributed by atoms with Gasteiger partial charge in [0.05, 0.1) is 29.9 Å². The first kappa shape index (κ1) is 15.0. The second-order valence-corrected chi connectivity index (χ2v) is 3.51. The Hall–Kier alpha value is -2.07. The summed E-state index contributed by atoms with van der Waals surface area (Å²) in [4.78, 5) is 11.6. The fourth-order valence-corrected chi connectivity index (χ4v) is 1.57. The van der Waals surface area contributed by atoms with Gasteiger partial charge >= 0.3 is 12.1 Å². The van der Waals surface area contributed by atoms with Crippen molar-refractivity contribution in [1.29, 1.82) is 5.26 Å². The summed E-state index contributed by atoms with van der Waals surface area (Å²) in [6.45, 7) is 0.766. The van der Waals surface area contributed by atoms with Gasteiger partial charge in [-0.25, -0.2) is 4.79 Å². The molecule has 0 atom stereocenters. The molecule has 1 aromatic carbocycles. The minimum Gasteiger partial charge on any atom is -0.462 e. The maximum atomic E-state index is 12.7. The Labute approximate surface area is 107 Å². The number of rotatable bonds is 3. The Kier molecular flexibility index (Phi) is 4.51. The van der Waals surface area contributed by atoms with E-state index in [2.05, 4.69) is 4.74 Å². The van der Waals surface area contributed by atoms with E-state index < -0.39 is 35.4 Å². The van der Waals surface area contributed by atoms with Crippen molar-refractivity contribution in [3.63, 3.8) is 0 Å². The third-order valence-electron chi connectivity index (χ3n) is 2.36. The van der Waals surface area contributed by atoms with E-state index in [-0.39, 0.29) is 12.2 Å². The number of esters is 1. The number of ether oxygens (including phenoxy) is 1. The van der Waals surface area contributed by atoms with E-state index in [9.17, 15) is 18.0 Å². The first-order valence-electron chi connectivity index (χ1n) is 5.28. The highest BCUT2D eigenvalue weighted by Gasteiger charge is 2.36. The van der Waals surface area contributed by atoms with Crippen molar-refractivity contribution in [3.8, 4) is 6.07 Å². The standard InChI is InChI=1S/C12H10F3NO3/c1-2-19-11(18)10-7(6-17)3-4-9(8(10)5-16)12(13,14)15/h3-4,17H,2,6H2,1H3. The summed E-state index contributed by atoms with van der Waals surface area (Å²) in [6.07, 6.45) is -4.76. The van der Waals surface area contributed by atoms with Crippen LogP contribution in [0.1, 0.15) is 34.0 Å².